The van der Waals surface area contributed by atoms with E-state index in [4.69, 9.17) is 9.84 Å². The zero-order chi connectivity index (χ0) is 23.0. The number of aryl methyl sites for hydroxylation is 1. The van der Waals surface area contributed by atoms with E-state index in [1.165, 1.54) is 13.2 Å². The van der Waals surface area contributed by atoms with E-state index in [0.717, 1.165) is 24.9 Å². The topological polar surface area (TPSA) is 120 Å². The minimum absolute atomic E-state index is 0.167. The molecule has 2 atom stereocenters. The van der Waals surface area contributed by atoms with Crippen molar-refractivity contribution in [3.05, 3.63) is 35.8 Å². The highest BCUT2D eigenvalue weighted by Gasteiger charge is 2.42. The molecule has 1 unspecified atom stereocenters. The Balaban J connectivity index is 1.60. The van der Waals surface area contributed by atoms with Crippen LogP contribution in [0.4, 0.5) is 19.0 Å². The minimum Gasteiger partial charge on any atom is -0.479 e. The van der Waals surface area contributed by atoms with Crippen molar-refractivity contribution < 1.29 is 27.8 Å². The molecule has 0 fully saturated rings. The van der Waals surface area contributed by atoms with Crippen molar-refractivity contribution >= 4 is 11.7 Å². The maximum absolute atomic E-state index is 13.1. The second kappa shape index (κ2) is 8.22. The van der Waals surface area contributed by atoms with Gasteiger partial charge in [0.15, 0.2) is 11.9 Å². The average molecular weight is 451 g/mol. The molecule has 0 saturated carbocycles. The van der Waals surface area contributed by atoms with Crippen LogP contribution in [0, 0.1) is 0 Å². The summed E-state index contributed by atoms with van der Waals surface area (Å²) in [4.78, 5) is 17.1. The van der Waals surface area contributed by atoms with Gasteiger partial charge in [0.1, 0.15) is 22.9 Å². The molecule has 13 heteroatoms. The Morgan fingerprint density at radius 3 is 2.84 bits per heavy atom. The summed E-state index contributed by atoms with van der Waals surface area (Å²) in [6.45, 7) is 0.819. The summed E-state index contributed by atoms with van der Waals surface area (Å²) < 4.78 is 46.7. The van der Waals surface area contributed by atoms with E-state index in [2.05, 4.69) is 32.5 Å². The van der Waals surface area contributed by atoms with Crippen LogP contribution in [0.15, 0.2) is 24.4 Å². The van der Waals surface area contributed by atoms with Gasteiger partial charge in [-0.2, -0.15) is 13.2 Å². The average Bonchev–Trinajstić information content (AvgIpc) is 3.44. The van der Waals surface area contributed by atoms with Crippen molar-refractivity contribution in [3.63, 3.8) is 0 Å². The molecule has 0 radical (unpaired) electrons. The molecule has 0 saturated heterocycles. The highest BCUT2D eigenvalue weighted by molar-refractivity contribution is 6.05. The number of halogens is 3. The first-order chi connectivity index (χ1) is 15.2. The Morgan fingerprint density at radius 1 is 1.38 bits per heavy atom. The first kappa shape index (κ1) is 21.7. The maximum atomic E-state index is 13.1. The molecule has 4 rings (SSSR count). The van der Waals surface area contributed by atoms with Crippen molar-refractivity contribution in [2.24, 2.45) is 0 Å². The van der Waals surface area contributed by atoms with Gasteiger partial charge in [-0.15, -0.1) is 15.3 Å². The number of aliphatic hydroxyl groups excluding tert-OH is 1. The molecule has 1 amide bonds. The number of pyridine rings is 1. The standard InChI is InChI=1S/C19H20F3N7O3/c1-10-6-7-15-25-26-16(29(10)15)12-4-3-5-14(23-12)24-17(31)11-8-28(27-18(11)32-2)13(9-30)19(20,21)22/h3-5,8,10,13,30H,6-7,9H2,1-2H3,(H,23,24,31)/t10-,13?/m0/s1. The Bertz CT molecular complexity index is 1140. The predicted molar refractivity (Wildman–Crippen MR) is 105 cm³/mol. The summed E-state index contributed by atoms with van der Waals surface area (Å²) in [6, 6.07) is 2.85. The summed E-state index contributed by atoms with van der Waals surface area (Å²) in [5, 5.41) is 23.7. The van der Waals surface area contributed by atoms with Gasteiger partial charge in [0.25, 0.3) is 5.91 Å². The lowest BCUT2D eigenvalue weighted by molar-refractivity contribution is -0.179. The van der Waals surface area contributed by atoms with E-state index in [0.29, 0.717) is 16.2 Å². The van der Waals surface area contributed by atoms with Crippen LogP contribution in [-0.2, 0) is 6.42 Å². The number of anilines is 1. The molecule has 3 aromatic rings. The van der Waals surface area contributed by atoms with Crippen LogP contribution < -0.4 is 10.1 Å². The number of hydrogen-bond donors (Lipinski definition) is 2. The molecular weight excluding hydrogens is 431 g/mol. The molecule has 10 nitrogen and oxygen atoms in total. The number of aliphatic hydroxyl groups is 1. The molecule has 170 valence electrons. The van der Waals surface area contributed by atoms with E-state index in [1.54, 1.807) is 12.1 Å². The van der Waals surface area contributed by atoms with E-state index in [9.17, 15) is 18.0 Å². The second-order valence-corrected chi connectivity index (χ2v) is 7.33. The molecule has 0 bridgehead atoms. The SMILES string of the molecule is COc1nn(C(CO)C(F)(F)F)cc1C(=O)Nc1cccc(-c2nnc3n2[C@@H](C)CC3)n1. The molecule has 0 aliphatic carbocycles. The zero-order valence-corrected chi connectivity index (χ0v) is 17.2. The number of fused-ring (bicyclic) bond motifs is 1. The van der Waals surface area contributed by atoms with Gasteiger partial charge in [0, 0.05) is 18.7 Å². The Hall–Kier alpha value is -3.48. The van der Waals surface area contributed by atoms with Gasteiger partial charge in [-0.25, -0.2) is 4.98 Å². The lowest BCUT2D eigenvalue weighted by Gasteiger charge is -2.17. The molecule has 3 aromatic heterocycles. The fourth-order valence-electron chi connectivity index (χ4n) is 3.59. The highest BCUT2D eigenvalue weighted by atomic mass is 19.4. The fourth-order valence-corrected chi connectivity index (χ4v) is 3.59. The van der Waals surface area contributed by atoms with Crippen LogP contribution in [0.3, 0.4) is 0 Å². The number of rotatable bonds is 6. The monoisotopic (exact) mass is 451 g/mol. The molecule has 32 heavy (non-hydrogen) atoms. The van der Waals surface area contributed by atoms with Gasteiger partial charge in [0.05, 0.1) is 13.7 Å². The lowest BCUT2D eigenvalue weighted by atomic mass is 10.2. The lowest BCUT2D eigenvalue weighted by Crippen LogP contribution is -2.30. The molecular formula is C19H20F3N7O3. The Labute approximate surface area is 180 Å². The number of nitrogens with zero attached hydrogens (tertiary/aromatic N) is 6. The number of ether oxygens (including phenoxy) is 1. The van der Waals surface area contributed by atoms with Crippen molar-refractivity contribution in [1.29, 1.82) is 0 Å². The first-order valence-corrected chi connectivity index (χ1v) is 9.76. The van der Waals surface area contributed by atoms with Crippen molar-refractivity contribution in [2.45, 2.75) is 38.0 Å². The summed E-state index contributed by atoms with van der Waals surface area (Å²) in [5.74, 6) is 0.521. The summed E-state index contributed by atoms with van der Waals surface area (Å²) in [7, 11) is 1.18. The molecule has 4 heterocycles. The van der Waals surface area contributed by atoms with Crippen LogP contribution >= 0.6 is 0 Å². The molecule has 0 aromatic carbocycles. The number of carbonyl (C=O) groups excluding carboxylic acids is 1. The number of methoxy groups -OCH3 is 1. The smallest absolute Gasteiger partial charge is 0.413 e. The Kier molecular flexibility index (Phi) is 5.59. The number of carbonyl (C=O) groups is 1. The number of hydrogen-bond acceptors (Lipinski definition) is 7. The third-order valence-corrected chi connectivity index (χ3v) is 5.22. The van der Waals surface area contributed by atoms with Gasteiger partial charge >= 0.3 is 6.18 Å². The first-order valence-electron chi connectivity index (χ1n) is 9.76. The van der Waals surface area contributed by atoms with E-state index in [1.807, 2.05) is 4.57 Å². The summed E-state index contributed by atoms with van der Waals surface area (Å²) >= 11 is 0. The zero-order valence-electron chi connectivity index (χ0n) is 17.2. The predicted octanol–water partition coefficient (Wildman–Crippen LogP) is 2.40. The largest absolute Gasteiger partial charge is 0.479 e. The number of nitrogens with one attached hydrogen (secondary N) is 1. The van der Waals surface area contributed by atoms with E-state index in [-0.39, 0.29) is 23.3 Å². The van der Waals surface area contributed by atoms with Crippen molar-refractivity contribution in [1.82, 2.24) is 29.5 Å². The quantitative estimate of drug-likeness (QED) is 0.591. The van der Waals surface area contributed by atoms with Crippen LogP contribution in [0.25, 0.3) is 11.5 Å². The van der Waals surface area contributed by atoms with Gasteiger partial charge < -0.3 is 19.7 Å². The molecule has 1 aliphatic rings. The van der Waals surface area contributed by atoms with Crippen LogP contribution in [0.5, 0.6) is 5.88 Å². The summed E-state index contributed by atoms with van der Waals surface area (Å²) in [6.07, 6.45) is -2.11. The number of amides is 1. The van der Waals surface area contributed by atoms with Crippen molar-refractivity contribution in [2.75, 3.05) is 19.0 Å². The minimum atomic E-state index is -4.76. The van der Waals surface area contributed by atoms with Gasteiger partial charge in [-0.1, -0.05) is 6.07 Å². The molecule has 1 aliphatic heterocycles. The number of aromatic nitrogens is 6. The van der Waals surface area contributed by atoms with E-state index >= 15 is 0 Å². The summed E-state index contributed by atoms with van der Waals surface area (Å²) in [5.41, 5.74) is 0.259. The van der Waals surface area contributed by atoms with Crippen LogP contribution in [0.1, 0.15) is 41.6 Å². The molecule has 2 N–H and O–H groups in total. The van der Waals surface area contributed by atoms with Crippen LogP contribution in [0.2, 0.25) is 0 Å². The van der Waals surface area contributed by atoms with Gasteiger partial charge in [-0.05, 0) is 25.5 Å². The highest BCUT2D eigenvalue weighted by Crippen LogP contribution is 2.32. The molecule has 0 spiro atoms. The normalized spacial score (nSPS) is 16.6. The maximum Gasteiger partial charge on any atom is 0.413 e. The second-order valence-electron chi connectivity index (χ2n) is 7.33. The third-order valence-electron chi connectivity index (χ3n) is 5.22. The van der Waals surface area contributed by atoms with Crippen LogP contribution in [-0.4, -0.2) is 60.4 Å². The Morgan fingerprint density at radius 2 is 2.16 bits per heavy atom. The van der Waals surface area contributed by atoms with Gasteiger partial charge in [-0.3, -0.25) is 9.48 Å². The fraction of sp³-hybridized carbons (Fsp3) is 0.421. The number of alkyl halides is 3. The van der Waals surface area contributed by atoms with Crippen molar-refractivity contribution in [3.8, 4) is 17.4 Å². The van der Waals surface area contributed by atoms with Gasteiger partial charge in [0.2, 0.25) is 5.88 Å². The third kappa shape index (κ3) is 3.90. The van der Waals surface area contributed by atoms with E-state index < -0.39 is 24.7 Å².